The molecule has 0 fully saturated rings. The van der Waals surface area contributed by atoms with Gasteiger partial charge in [0.25, 0.3) is 0 Å². The first-order valence-corrected chi connectivity index (χ1v) is 3.59. The fraction of sp³-hybridized carbons (Fsp3) is 0.143. The Labute approximate surface area is 70.4 Å². The summed E-state index contributed by atoms with van der Waals surface area (Å²) < 4.78 is 0. The molecule has 0 aliphatic carbocycles. The second kappa shape index (κ2) is 2.46. The molecule has 2 aliphatic rings. The Morgan fingerprint density at radius 1 is 1.67 bits per heavy atom. The number of nitrogens with zero attached hydrogens (tertiary/aromatic N) is 3. The van der Waals surface area contributed by atoms with Gasteiger partial charge in [-0.25, -0.2) is 4.99 Å². The Hall–Kier alpha value is -1.61. The molecule has 2 aliphatic heterocycles. The van der Waals surface area contributed by atoms with Gasteiger partial charge < -0.3 is 4.81 Å². The minimum atomic E-state index is -0.0189. The first-order chi connectivity index (χ1) is 5.79. The van der Waals surface area contributed by atoms with Gasteiger partial charge in [-0.2, -0.15) is 0 Å². The average molecular weight is 159 g/mol. The molecule has 0 N–H and O–H groups in total. The molecule has 1 amide bonds. The fourth-order valence-corrected chi connectivity index (χ4v) is 1.19. The van der Waals surface area contributed by atoms with Crippen LogP contribution < -0.4 is 0 Å². The zero-order chi connectivity index (χ0) is 8.55. The van der Waals surface area contributed by atoms with E-state index in [-0.39, 0.29) is 5.91 Å². The van der Waals surface area contributed by atoms with Crippen LogP contribution in [-0.4, -0.2) is 37.3 Å². The van der Waals surface area contributed by atoms with Crippen LogP contribution in [0, 0.1) is 0 Å². The number of hydrogen-bond acceptors (Lipinski definition) is 3. The van der Waals surface area contributed by atoms with E-state index in [1.807, 2.05) is 0 Å². The van der Waals surface area contributed by atoms with E-state index < -0.39 is 0 Å². The van der Waals surface area contributed by atoms with Crippen molar-refractivity contribution in [1.29, 1.82) is 0 Å². The molecule has 2 rings (SSSR count). The number of amides is 1. The van der Waals surface area contributed by atoms with E-state index in [0.717, 1.165) is 5.70 Å². The van der Waals surface area contributed by atoms with Crippen molar-refractivity contribution in [3.63, 3.8) is 0 Å². The smallest absolute Gasteiger partial charge is 0.245 e. The maximum atomic E-state index is 11.4. The Morgan fingerprint density at radius 2 is 2.50 bits per heavy atom. The second-order valence-corrected chi connectivity index (χ2v) is 2.67. The molecule has 5 heteroatoms. The summed E-state index contributed by atoms with van der Waals surface area (Å²) in [6.07, 6.45) is 2.98. The Bertz CT molecular complexity index is 363. The van der Waals surface area contributed by atoms with Crippen LogP contribution >= 0.6 is 0 Å². The number of rotatable bonds is 0. The molecular formula is C7H6BN3O. The number of carbonyl (C=O) groups excluding carboxylic acids is 1. The minimum absolute atomic E-state index is 0.0189. The molecule has 0 aromatic heterocycles. The van der Waals surface area contributed by atoms with Gasteiger partial charge in [-0.3, -0.25) is 9.79 Å². The van der Waals surface area contributed by atoms with Crippen LogP contribution in [0.4, 0.5) is 0 Å². The maximum Gasteiger partial charge on any atom is 0.245 e. The molecule has 58 valence electrons. The molecule has 0 saturated carbocycles. The van der Waals surface area contributed by atoms with Gasteiger partial charge in [0.15, 0.2) is 0 Å². The number of carbonyl (C=O) groups is 1. The lowest BCUT2D eigenvalue weighted by Crippen LogP contribution is -2.23. The van der Waals surface area contributed by atoms with Crippen LogP contribution in [0.3, 0.4) is 0 Å². The van der Waals surface area contributed by atoms with Gasteiger partial charge in [-0.05, 0) is 0 Å². The van der Waals surface area contributed by atoms with Crippen LogP contribution in [-0.2, 0) is 4.79 Å². The molecule has 12 heavy (non-hydrogen) atoms. The van der Waals surface area contributed by atoms with Crippen LogP contribution in [0.2, 0.25) is 0 Å². The molecule has 2 heterocycles. The minimum Gasteiger partial charge on any atom is -0.384 e. The lowest BCUT2D eigenvalue weighted by molar-refractivity contribution is -0.120. The highest BCUT2D eigenvalue weighted by molar-refractivity contribution is 6.26. The Morgan fingerprint density at radius 3 is 3.33 bits per heavy atom. The highest BCUT2D eigenvalue weighted by atomic mass is 16.2. The third kappa shape index (κ3) is 0.915. The summed E-state index contributed by atoms with van der Waals surface area (Å²) in [6.45, 7) is 0.557. The Balaban J connectivity index is 2.48. The van der Waals surface area contributed by atoms with Crippen molar-refractivity contribution in [3.8, 4) is 0 Å². The van der Waals surface area contributed by atoms with E-state index >= 15 is 0 Å². The van der Waals surface area contributed by atoms with Gasteiger partial charge >= 0.3 is 0 Å². The van der Waals surface area contributed by atoms with Gasteiger partial charge in [-0.1, -0.05) is 0 Å². The Kier molecular flexibility index (Phi) is 1.45. The van der Waals surface area contributed by atoms with E-state index in [4.69, 9.17) is 0 Å². The number of hydrogen-bond donors (Lipinski definition) is 0. The van der Waals surface area contributed by atoms with Crippen LogP contribution in [0.25, 0.3) is 0 Å². The molecule has 0 aromatic rings. The van der Waals surface area contributed by atoms with Crippen molar-refractivity contribution in [2.24, 2.45) is 9.98 Å². The van der Waals surface area contributed by atoms with Crippen LogP contribution in [0.5, 0.6) is 0 Å². The first-order valence-electron chi connectivity index (χ1n) is 3.59. The zero-order valence-electron chi connectivity index (χ0n) is 6.61. The third-order valence-electron chi connectivity index (χ3n) is 1.81. The third-order valence-corrected chi connectivity index (χ3v) is 1.81. The fourth-order valence-electron chi connectivity index (χ4n) is 1.19. The quantitative estimate of drug-likeness (QED) is 0.413. The highest BCUT2D eigenvalue weighted by Gasteiger charge is 2.25. The molecule has 0 bridgehead atoms. The lowest BCUT2D eigenvalue weighted by atomic mass is 10.2. The van der Waals surface area contributed by atoms with Crippen molar-refractivity contribution in [1.82, 2.24) is 4.81 Å². The first kappa shape index (κ1) is 7.07. The van der Waals surface area contributed by atoms with Gasteiger partial charge in [0.2, 0.25) is 13.9 Å². The van der Waals surface area contributed by atoms with E-state index in [2.05, 4.69) is 15.9 Å². The highest BCUT2D eigenvalue weighted by Crippen LogP contribution is 2.16. The van der Waals surface area contributed by atoms with Crippen LogP contribution in [0.1, 0.15) is 0 Å². The predicted octanol–water partition coefficient (Wildman–Crippen LogP) is -1.10. The lowest BCUT2D eigenvalue weighted by Gasteiger charge is -2.06. The molecule has 0 saturated heterocycles. The van der Waals surface area contributed by atoms with Crippen molar-refractivity contribution in [2.75, 3.05) is 6.54 Å². The van der Waals surface area contributed by atoms with E-state index in [0.29, 0.717) is 12.1 Å². The van der Waals surface area contributed by atoms with Gasteiger partial charge in [0.05, 0.1) is 24.0 Å². The standard InChI is InChI=1S/C7H6BN3O/c8-11-4-6-5(7(11)12)3-9-1-2-10-6/h1,3H,4,8H2. The average Bonchev–Trinajstić information content (AvgIpc) is 2.30. The topological polar surface area (TPSA) is 45.0 Å². The molecule has 0 unspecified atom stereocenters. The summed E-state index contributed by atoms with van der Waals surface area (Å²) in [5.41, 5.74) is 1.33. The van der Waals surface area contributed by atoms with Crippen molar-refractivity contribution >= 4 is 26.0 Å². The van der Waals surface area contributed by atoms with Gasteiger partial charge in [-0.15, -0.1) is 0 Å². The molecule has 0 radical (unpaired) electrons. The maximum absolute atomic E-state index is 11.4. The molecule has 0 atom stereocenters. The molecule has 0 aromatic carbocycles. The summed E-state index contributed by atoms with van der Waals surface area (Å²) in [5, 5.41) is 0. The molecule has 0 spiro atoms. The van der Waals surface area contributed by atoms with Crippen LogP contribution in [0.15, 0.2) is 27.5 Å². The summed E-state index contributed by atoms with van der Waals surface area (Å²) in [5.74, 6) is 2.61. The predicted molar refractivity (Wildman–Crippen MR) is 47.8 cm³/mol. The monoisotopic (exact) mass is 159 g/mol. The second-order valence-electron chi connectivity index (χ2n) is 2.67. The van der Waals surface area contributed by atoms with Gasteiger partial charge in [0, 0.05) is 12.1 Å². The summed E-state index contributed by atoms with van der Waals surface area (Å²) >= 11 is 0. The van der Waals surface area contributed by atoms with E-state index in [1.54, 1.807) is 12.8 Å². The van der Waals surface area contributed by atoms with Gasteiger partial charge in [0.1, 0.15) is 0 Å². The summed E-state index contributed by atoms with van der Waals surface area (Å²) in [7, 11) is 1.74. The van der Waals surface area contributed by atoms with Crippen molar-refractivity contribution < 1.29 is 4.79 Å². The normalized spacial score (nSPS) is 20.3. The van der Waals surface area contributed by atoms with E-state index in [9.17, 15) is 4.79 Å². The molecular weight excluding hydrogens is 153 g/mol. The van der Waals surface area contributed by atoms with Crippen molar-refractivity contribution in [3.05, 3.63) is 17.5 Å². The SMILES string of the molecule is BN1CC2=C(C=NC=C=N2)C1=O. The van der Waals surface area contributed by atoms with Crippen molar-refractivity contribution in [2.45, 2.75) is 0 Å². The zero-order valence-corrected chi connectivity index (χ0v) is 6.61. The summed E-state index contributed by atoms with van der Waals surface area (Å²) in [6, 6.07) is 0. The number of aliphatic imine (C=N–C) groups is 2. The molecule has 4 nitrogen and oxygen atoms in total. The van der Waals surface area contributed by atoms with E-state index in [1.165, 1.54) is 12.4 Å². The largest absolute Gasteiger partial charge is 0.384 e. The summed E-state index contributed by atoms with van der Waals surface area (Å²) in [4.78, 5) is 20.8.